The highest BCUT2D eigenvalue weighted by molar-refractivity contribution is 5.21. The number of rotatable bonds is 2. The molecule has 100 valence electrons. The first-order chi connectivity index (χ1) is 8.37. The van der Waals surface area contributed by atoms with E-state index in [9.17, 15) is 18.7 Å². The molecule has 0 aromatic carbocycles. The summed E-state index contributed by atoms with van der Waals surface area (Å²) in [7, 11) is 0. The first-order valence-corrected chi connectivity index (χ1v) is 5.10. The molecule has 2 rings (SSSR count). The van der Waals surface area contributed by atoms with E-state index in [0.717, 1.165) is 6.20 Å². The minimum absolute atomic E-state index is 0.0109. The number of hydrogen-bond donors (Lipinski definition) is 4. The number of aromatic amines is 1. The van der Waals surface area contributed by atoms with Crippen molar-refractivity contribution in [1.29, 1.82) is 0 Å². The monoisotopic (exact) mass is 264 g/mol. The summed E-state index contributed by atoms with van der Waals surface area (Å²) in [6, 6.07) is 1.21. The molecule has 3 unspecified atom stereocenters. The van der Waals surface area contributed by atoms with E-state index < -0.39 is 36.7 Å². The molecule has 3 atom stereocenters. The molecule has 7 nitrogen and oxygen atoms in total. The van der Waals surface area contributed by atoms with Gasteiger partial charge in [0, 0.05) is 6.07 Å². The number of alkyl halides is 2. The van der Waals surface area contributed by atoms with Crippen LogP contribution < -0.4 is 16.0 Å². The van der Waals surface area contributed by atoms with Gasteiger partial charge in [-0.3, -0.25) is 0 Å². The average molecular weight is 264 g/mol. The average Bonchev–Trinajstić information content (AvgIpc) is 2.52. The third kappa shape index (κ3) is 1.85. The lowest BCUT2D eigenvalue weighted by Crippen LogP contribution is -2.60. The number of ether oxygens (including phenoxy) is 1. The van der Waals surface area contributed by atoms with E-state index in [1.54, 1.807) is 0 Å². The van der Waals surface area contributed by atoms with Crippen LogP contribution in [0.25, 0.3) is 0 Å². The first-order valence-electron chi connectivity index (χ1n) is 5.10. The molecule has 2 heterocycles. The van der Waals surface area contributed by atoms with E-state index in [4.69, 9.17) is 15.6 Å². The van der Waals surface area contributed by atoms with Gasteiger partial charge in [-0.05, 0) is 0 Å². The van der Waals surface area contributed by atoms with Gasteiger partial charge >= 0.3 is 11.6 Å². The van der Waals surface area contributed by atoms with Crippen molar-refractivity contribution < 1.29 is 28.3 Å². The summed E-state index contributed by atoms with van der Waals surface area (Å²) in [6.45, 7) is -0.777. The Morgan fingerprint density at radius 1 is 1.61 bits per heavy atom. The summed E-state index contributed by atoms with van der Waals surface area (Å²) in [4.78, 5) is 13.6. The van der Waals surface area contributed by atoms with Crippen LogP contribution in [-0.4, -0.2) is 39.9 Å². The zero-order valence-corrected chi connectivity index (χ0v) is 9.09. The molecule has 1 aliphatic heterocycles. The predicted octanol–water partition coefficient (Wildman–Crippen LogP) is -1.87. The van der Waals surface area contributed by atoms with Gasteiger partial charge in [-0.1, -0.05) is 0 Å². The maximum Gasteiger partial charge on any atom is 0.499 e. The Bertz CT molecular complexity index is 507. The van der Waals surface area contributed by atoms with Crippen LogP contribution in [0, 0.1) is 0 Å². The number of halogens is 2. The van der Waals surface area contributed by atoms with Crippen molar-refractivity contribution in [2.24, 2.45) is 0 Å². The summed E-state index contributed by atoms with van der Waals surface area (Å²) >= 11 is 0. The molecule has 9 heteroatoms. The molecule has 0 spiro atoms. The number of aromatic nitrogens is 2. The Labute approximate surface area is 99.4 Å². The predicted molar refractivity (Wildman–Crippen MR) is 53.6 cm³/mol. The normalized spacial score (nSPS) is 30.6. The molecular weight excluding hydrogens is 252 g/mol. The molecule has 0 amide bonds. The van der Waals surface area contributed by atoms with E-state index in [2.05, 4.69) is 4.98 Å². The molecule has 1 saturated heterocycles. The van der Waals surface area contributed by atoms with Crippen molar-refractivity contribution in [1.82, 2.24) is 4.98 Å². The molecule has 0 bridgehead atoms. The topological polar surface area (TPSA) is 112 Å². The Morgan fingerprint density at radius 3 is 2.78 bits per heavy atom. The summed E-state index contributed by atoms with van der Waals surface area (Å²) in [5, 5.41) is 18.1. The van der Waals surface area contributed by atoms with Crippen LogP contribution in [0.2, 0.25) is 0 Å². The lowest BCUT2D eigenvalue weighted by atomic mass is 10.1. The molecule has 0 aliphatic carbocycles. The van der Waals surface area contributed by atoms with Gasteiger partial charge < -0.3 is 20.7 Å². The van der Waals surface area contributed by atoms with Crippen molar-refractivity contribution >= 4 is 5.82 Å². The fraction of sp³-hybridized carbons (Fsp3) is 0.556. The van der Waals surface area contributed by atoms with Crippen molar-refractivity contribution in [2.45, 2.75) is 24.4 Å². The number of nitrogen functional groups attached to an aromatic ring is 1. The van der Waals surface area contributed by atoms with Crippen LogP contribution >= 0.6 is 0 Å². The number of H-pyrrole nitrogens is 1. The molecule has 1 aromatic heterocycles. The van der Waals surface area contributed by atoms with Gasteiger partial charge in [0.25, 0.3) is 6.23 Å². The fourth-order valence-corrected chi connectivity index (χ4v) is 1.76. The van der Waals surface area contributed by atoms with Crippen LogP contribution in [0.1, 0.15) is 6.23 Å². The second-order valence-corrected chi connectivity index (χ2v) is 3.94. The van der Waals surface area contributed by atoms with Gasteiger partial charge in [-0.15, -0.1) is 0 Å². The van der Waals surface area contributed by atoms with Gasteiger partial charge in [0.2, 0.25) is 0 Å². The van der Waals surface area contributed by atoms with Gasteiger partial charge in [-0.2, -0.15) is 23.1 Å². The van der Waals surface area contributed by atoms with E-state index in [1.165, 1.54) is 6.07 Å². The van der Waals surface area contributed by atoms with Crippen molar-refractivity contribution in [3.05, 3.63) is 22.7 Å². The Morgan fingerprint density at radius 2 is 2.28 bits per heavy atom. The number of aliphatic hydroxyl groups excluding tert-OH is 2. The maximum absolute atomic E-state index is 13.7. The van der Waals surface area contributed by atoms with E-state index in [0.29, 0.717) is 4.57 Å². The quantitative estimate of drug-likeness (QED) is 0.467. The molecule has 0 saturated carbocycles. The van der Waals surface area contributed by atoms with Crippen LogP contribution in [0.5, 0.6) is 0 Å². The number of nitrogens with two attached hydrogens (primary N) is 1. The molecular formula is C9H12F2N3O4+. The Balaban J connectivity index is 2.42. The summed E-state index contributed by atoms with van der Waals surface area (Å²) < 4.78 is 32.8. The number of aliphatic hydroxyl groups is 2. The highest BCUT2D eigenvalue weighted by atomic mass is 19.3. The largest absolute Gasteiger partial charge is 0.499 e. The minimum atomic E-state index is -3.69. The molecule has 1 aromatic rings. The number of hydrogen-bond acceptors (Lipinski definition) is 5. The van der Waals surface area contributed by atoms with Crippen molar-refractivity contribution in [3.8, 4) is 0 Å². The molecule has 1 fully saturated rings. The molecule has 0 radical (unpaired) electrons. The minimum Gasteiger partial charge on any atom is -0.394 e. The molecule has 1 aliphatic rings. The Hall–Kier alpha value is -1.58. The highest BCUT2D eigenvalue weighted by Crippen LogP contribution is 2.39. The third-order valence-electron chi connectivity index (χ3n) is 2.71. The van der Waals surface area contributed by atoms with Crippen molar-refractivity contribution in [2.75, 3.05) is 12.3 Å². The van der Waals surface area contributed by atoms with Gasteiger partial charge in [0.05, 0.1) is 6.61 Å². The smallest absolute Gasteiger partial charge is 0.394 e. The first kappa shape index (κ1) is 12.9. The zero-order chi connectivity index (χ0) is 13.5. The summed E-state index contributed by atoms with van der Waals surface area (Å²) in [6.07, 6.45) is -4.60. The van der Waals surface area contributed by atoms with E-state index in [-0.39, 0.29) is 5.82 Å². The van der Waals surface area contributed by atoms with Crippen LogP contribution in [0.4, 0.5) is 14.6 Å². The van der Waals surface area contributed by atoms with Crippen LogP contribution in [0.15, 0.2) is 17.1 Å². The lowest BCUT2D eigenvalue weighted by molar-refractivity contribution is -0.789. The second-order valence-electron chi connectivity index (χ2n) is 3.94. The van der Waals surface area contributed by atoms with Gasteiger partial charge in [0.1, 0.15) is 12.3 Å². The lowest BCUT2D eigenvalue weighted by Gasteiger charge is -2.16. The number of anilines is 1. The number of nitrogens with zero attached hydrogens (tertiary/aromatic N) is 1. The van der Waals surface area contributed by atoms with Gasteiger partial charge in [-0.25, -0.2) is 0 Å². The summed E-state index contributed by atoms with van der Waals surface area (Å²) in [5.41, 5.74) is 4.39. The number of nitrogens with one attached hydrogen (secondary N) is 1. The zero-order valence-electron chi connectivity index (χ0n) is 9.09. The van der Waals surface area contributed by atoms with E-state index in [1.807, 2.05) is 0 Å². The maximum atomic E-state index is 13.7. The van der Waals surface area contributed by atoms with Gasteiger partial charge in [0.15, 0.2) is 11.9 Å². The molecule has 5 N–H and O–H groups in total. The van der Waals surface area contributed by atoms with Crippen molar-refractivity contribution in [3.63, 3.8) is 0 Å². The fourth-order valence-electron chi connectivity index (χ4n) is 1.76. The molecule has 18 heavy (non-hydrogen) atoms. The Kier molecular flexibility index (Phi) is 3.05. The highest BCUT2D eigenvalue weighted by Gasteiger charge is 2.62. The van der Waals surface area contributed by atoms with E-state index >= 15 is 0 Å². The summed E-state index contributed by atoms with van der Waals surface area (Å²) in [5.74, 6) is -3.68. The third-order valence-corrected chi connectivity index (χ3v) is 2.71. The van der Waals surface area contributed by atoms with Crippen LogP contribution in [0.3, 0.4) is 0 Å². The standard InChI is InChI=1S/C9H11F2N3O4/c10-9(11)6(16)4(3-15)18-7(9)14-2-1-5(12)13-8(14)17/h1-2,4,6-7,15-16H,3H2,(H2,12,13,17)/p+1. The van der Waals surface area contributed by atoms with Crippen LogP contribution in [-0.2, 0) is 4.74 Å². The SMILES string of the molecule is Nc1cc[n+](C2OC(CO)C(O)C2(F)F)c(=O)[nH]1. The second kappa shape index (κ2) is 4.26.